The van der Waals surface area contributed by atoms with E-state index in [-0.39, 0.29) is 6.04 Å². The number of rotatable bonds is 5. The van der Waals surface area contributed by atoms with Gasteiger partial charge in [-0.05, 0) is 24.3 Å². The predicted molar refractivity (Wildman–Crippen MR) is 85.4 cm³/mol. The number of benzene rings is 2. The molecule has 1 aromatic heterocycles. The molecule has 3 N–H and O–H groups in total. The van der Waals surface area contributed by atoms with Gasteiger partial charge in [-0.3, -0.25) is 0 Å². The molecule has 0 saturated heterocycles. The fraction of sp³-hybridized carbons (Fsp3) is 0.118. The van der Waals surface area contributed by atoms with E-state index in [0.29, 0.717) is 6.54 Å². The molecule has 3 rings (SSSR count). The zero-order chi connectivity index (χ0) is 14.5. The Balaban J connectivity index is 1.81. The smallest absolute Gasteiger partial charge is 0.0667 e. The summed E-state index contributed by atoms with van der Waals surface area (Å²) in [4.78, 5) is 0. The van der Waals surface area contributed by atoms with E-state index in [1.165, 1.54) is 0 Å². The van der Waals surface area contributed by atoms with E-state index in [1.54, 1.807) is 0 Å². The lowest BCUT2D eigenvalue weighted by molar-refractivity contribution is 0.789. The Morgan fingerprint density at radius 2 is 1.67 bits per heavy atom. The van der Waals surface area contributed by atoms with Crippen LogP contribution in [0.1, 0.15) is 11.6 Å². The van der Waals surface area contributed by atoms with Crippen LogP contribution in [0.2, 0.25) is 0 Å². The predicted octanol–water partition coefficient (Wildman–Crippen LogP) is 2.98. The van der Waals surface area contributed by atoms with Crippen molar-refractivity contribution in [2.45, 2.75) is 6.04 Å². The number of hydrogen-bond acceptors (Lipinski definition) is 3. The molecule has 0 fully saturated rings. The van der Waals surface area contributed by atoms with Crippen molar-refractivity contribution in [2.24, 2.45) is 5.73 Å². The molecule has 0 aliphatic rings. The van der Waals surface area contributed by atoms with Gasteiger partial charge in [0, 0.05) is 24.0 Å². The monoisotopic (exact) mass is 278 g/mol. The van der Waals surface area contributed by atoms with E-state index in [9.17, 15) is 0 Å². The van der Waals surface area contributed by atoms with Crippen LogP contribution in [0.25, 0.3) is 5.69 Å². The number of aromatic nitrogens is 2. The summed E-state index contributed by atoms with van der Waals surface area (Å²) >= 11 is 0. The van der Waals surface area contributed by atoms with Crippen LogP contribution in [0.3, 0.4) is 0 Å². The van der Waals surface area contributed by atoms with Crippen LogP contribution in [0.4, 0.5) is 5.69 Å². The number of nitrogens with two attached hydrogens (primary N) is 1. The van der Waals surface area contributed by atoms with Crippen molar-refractivity contribution in [3.8, 4) is 5.69 Å². The van der Waals surface area contributed by atoms with Crippen molar-refractivity contribution in [1.29, 1.82) is 0 Å². The lowest BCUT2D eigenvalue weighted by Gasteiger charge is -2.16. The number of para-hydroxylation sites is 2. The van der Waals surface area contributed by atoms with Crippen molar-refractivity contribution in [2.75, 3.05) is 11.9 Å². The topological polar surface area (TPSA) is 55.9 Å². The third kappa shape index (κ3) is 3.12. The Hall–Kier alpha value is -2.59. The molecule has 0 amide bonds. The Bertz CT molecular complexity index is 676. The van der Waals surface area contributed by atoms with Gasteiger partial charge in [-0.1, -0.05) is 36.4 Å². The molecule has 21 heavy (non-hydrogen) atoms. The molecule has 2 aromatic carbocycles. The van der Waals surface area contributed by atoms with E-state index in [0.717, 1.165) is 16.9 Å². The molecule has 0 aliphatic heterocycles. The van der Waals surface area contributed by atoms with E-state index in [1.807, 2.05) is 77.7 Å². The minimum atomic E-state index is 0.0462. The van der Waals surface area contributed by atoms with Crippen molar-refractivity contribution < 1.29 is 0 Å². The lowest BCUT2D eigenvalue weighted by Crippen LogP contribution is -2.20. The summed E-state index contributed by atoms with van der Waals surface area (Å²) in [6, 6.07) is 20.2. The normalized spacial score (nSPS) is 12.0. The highest BCUT2D eigenvalue weighted by Crippen LogP contribution is 2.19. The third-order valence-corrected chi connectivity index (χ3v) is 3.38. The van der Waals surface area contributed by atoms with Crippen molar-refractivity contribution in [3.05, 3.63) is 78.6 Å². The summed E-state index contributed by atoms with van der Waals surface area (Å²) in [5.41, 5.74) is 9.07. The first-order chi connectivity index (χ1) is 10.4. The minimum Gasteiger partial charge on any atom is -0.377 e. The molecule has 0 spiro atoms. The fourth-order valence-electron chi connectivity index (χ4n) is 2.25. The maximum atomic E-state index is 5.90. The number of nitrogens with zero attached hydrogens (tertiary/aromatic N) is 2. The standard InChI is InChI=1S/C17H18N4/c18-11-17(20-15-7-3-1-4-8-15)14-12-19-21(13-14)16-9-5-2-6-10-16/h1-10,12-13,17,20H,11,18H2. The van der Waals surface area contributed by atoms with Crippen molar-refractivity contribution in [3.63, 3.8) is 0 Å². The molecule has 1 heterocycles. The van der Waals surface area contributed by atoms with Crippen LogP contribution in [-0.4, -0.2) is 16.3 Å². The summed E-state index contributed by atoms with van der Waals surface area (Å²) in [6.45, 7) is 0.509. The zero-order valence-corrected chi connectivity index (χ0v) is 11.7. The Labute approximate surface area is 124 Å². The molecule has 4 heteroatoms. The van der Waals surface area contributed by atoms with Gasteiger partial charge in [0.1, 0.15) is 0 Å². The number of nitrogens with one attached hydrogen (secondary N) is 1. The molecule has 0 saturated carbocycles. The second-order valence-electron chi connectivity index (χ2n) is 4.85. The van der Waals surface area contributed by atoms with E-state index < -0.39 is 0 Å². The van der Waals surface area contributed by atoms with E-state index in [4.69, 9.17) is 5.73 Å². The van der Waals surface area contributed by atoms with Gasteiger partial charge in [0.05, 0.1) is 17.9 Å². The summed E-state index contributed by atoms with van der Waals surface area (Å²) in [7, 11) is 0. The zero-order valence-electron chi connectivity index (χ0n) is 11.7. The Kier molecular flexibility index (Phi) is 3.98. The van der Waals surface area contributed by atoms with Crippen LogP contribution in [0.5, 0.6) is 0 Å². The highest BCUT2D eigenvalue weighted by molar-refractivity contribution is 5.45. The molecule has 0 aliphatic carbocycles. The van der Waals surface area contributed by atoms with Crippen LogP contribution in [0, 0.1) is 0 Å². The molecule has 0 bridgehead atoms. The van der Waals surface area contributed by atoms with Gasteiger partial charge in [-0.25, -0.2) is 4.68 Å². The molecular formula is C17H18N4. The molecular weight excluding hydrogens is 260 g/mol. The molecule has 106 valence electrons. The maximum Gasteiger partial charge on any atom is 0.0667 e. The first-order valence-corrected chi connectivity index (χ1v) is 6.98. The van der Waals surface area contributed by atoms with Crippen LogP contribution in [0.15, 0.2) is 73.1 Å². The Morgan fingerprint density at radius 3 is 2.33 bits per heavy atom. The minimum absolute atomic E-state index is 0.0462. The number of anilines is 1. The van der Waals surface area contributed by atoms with E-state index >= 15 is 0 Å². The highest BCUT2D eigenvalue weighted by Gasteiger charge is 2.12. The molecule has 3 aromatic rings. The van der Waals surface area contributed by atoms with Gasteiger partial charge in [0.15, 0.2) is 0 Å². The summed E-state index contributed by atoms with van der Waals surface area (Å²) in [5, 5.41) is 7.85. The first kappa shape index (κ1) is 13.4. The highest BCUT2D eigenvalue weighted by atomic mass is 15.3. The molecule has 4 nitrogen and oxygen atoms in total. The van der Waals surface area contributed by atoms with Gasteiger partial charge in [0.25, 0.3) is 0 Å². The van der Waals surface area contributed by atoms with Crippen LogP contribution >= 0.6 is 0 Å². The third-order valence-electron chi connectivity index (χ3n) is 3.38. The van der Waals surface area contributed by atoms with Gasteiger partial charge in [-0.15, -0.1) is 0 Å². The average molecular weight is 278 g/mol. The molecule has 1 atom stereocenters. The number of hydrogen-bond donors (Lipinski definition) is 2. The van der Waals surface area contributed by atoms with Gasteiger partial charge in [-0.2, -0.15) is 5.10 Å². The quantitative estimate of drug-likeness (QED) is 0.754. The largest absolute Gasteiger partial charge is 0.377 e. The van der Waals surface area contributed by atoms with Crippen LogP contribution in [-0.2, 0) is 0 Å². The van der Waals surface area contributed by atoms with E-state index in [2.05, 4.69) is 10.4 Å². The fourth-order valence-corrected chi connectivity index (χ4v) is 2.25. The second kappa shape index (κ2) is 6.24. The van der Waals surface area contributed by atoms with Gasteiger partial charge >= 0.3 is 0 Å². The second-order valence-corrected chi connectivity index (χ2v) is 4.85. The summed E-state index contributed by atoms with van der Waals surface area (Å²) in [5.74, 6) is 0. The van der Waals surface area contributed by atoms with Gasteiger partial charge in [0.2, 0.25) is 0 Å². The first-order valence-electron chi connectivity index (χ1n) is 6.98. The molecule has 1 unspecified atom stereocenters. The summed E-state index contributed by atoms with van der Waals surface area (Å²) < 4.78 is 1.87. The average Bonchev–Trinajstić information content (AvgIpc) is 3.04. The van der Waals surface area contributed by atoms with Crippen molar-refractivity contribution >= 4 is 5.69 Å². The maximum absolute atomic E-state index is 5.90. The van der Waals surface area contributed by atoms with Crippen LogP contribution < -0.4 is 11.1 Å². The lowest BCUT2D eigenvalue weighted by atomic mass is 10.1. The Morgan fingerprint density at radius 1 is 1.00 bits per heavy atom. The van der Waals surface area contributed by atoms with Gasteiger partial charge < -0.3 is 11.1 Å². The molecule has 0 radical (unpaired) electrons. The van der Waals surface area contributed by atoms with Crippen molar-refractivity contribution in [1.82, 2.24) is 9.78 Å². The SMILES string of the molecule is NCC(Nc1ccccc1)c1cnn(-c2ccccc2)c1. The summed E-state index contributed by atoms with van der Waals surface area (Å²) in [6.07, 6.45) is 3.88.